The molecule has 0 spiro atoms. The maximum Gasteiger partial charge on any atom is 0.472 e. The van der Waals surface area contributed by atoms with Gasteiger partial charge < -0.3 is 25.2 Å². The van der Waals surface area contributed by atoms with E-state index in [9.17, 15) is 19.4 Å². The number of hydrogen-bond donors (Lipinski definition) is 3. The van der Waals surface area contributed by atoms with Gasteiger partial charge in [0.2, 0.25) is 0 Å². The van der Waals surface area contributed by atoms with E-state index in [1.807, 2.05) is 24.3 Å². The van der Waals surface area contributed by atoms with Crippen molar-refractivity contribution >= 4 is 13.8 Å². The van der Waals surface area contributed by atoms with Gasteiger partial charge in [0.1, 0.15) is 6.61 Å². The van der Waals surface area contributed by atoms with Crippen molar-refractivity contribution in [1.29, 1.82) is 0 Å². The molecule has 0 aromatic carbocycles. The number of phosphoric acid groups is 1. The number of ether oxygens (including phenoxy) is 2. The second-order valence-electron chi connectivity index (χ2n) is 12.7. The molecule has 2 unspecified atom stereocenters. The van der Waals surface area contributed by atoms with E-state index in [1.54, 1.807) is 12.3 Å². The van der Waals surface area contributed by atoms with Crippen molar-refractivity contribution in [2.24, 2.45) is 5.73 Å². The Labute approximate surface area is 299 Å². The van der Waals surface area contributed by atoms with Gasteiger partial charge in [-0.2, -0.15) is 0 Å². The fourth-order valence-corrected chi connectivity index (χ4v) is 5.82. The normalized spacial score (nSPS) is 14.7. The molecule has 0 heterocycles. The van der Waals surface area contributed by atoms with Gasteiger partial charge in [-0.3, -0.25) is 13.8 Å². The molecule has 0 rings (SSSR count). The van der Waals surface area contributed by atoms with E-state index in [0.29, 0.717) is 12.8 Å². The first-order chi connectivity index (χ1) is 23.8. The number of rotatable bonds is 36. The van der Waals surface area contributed by atoms with Crippen LogP contribution in [0.25, 0.3) is 0 Å². The van der Waals surface area contributed by atoms with Gasteiger partial charge >= 0.3 is 13.8 Å². The smallest absolute Gasteiger partial charge is 0.472 e. The van der Waals surface area contributed by atoms with E-state index in [4.69, 9.17) is 24.3 Å². The molecular weight excluding hydrogens is 641 g/mol. The van der Waals surface area contributed by atoms with Gasteiger partial charge in [-0.05, 0) is 51.0 Å². The quantitative estimate of drug-likeness (QED) is 0.0145. The number of nitrogens with two attached hydrogens (primary N) is 1. The van der Waals surface area contributed by atoms with E-state index >= 15 is 0 Å². The molecule has 9 nitrogen and oxygen atoms in total. The van der Waals surface area contributed by atoms with Gasteiger partial charge in [0.25, 0.3) is 0 Å². The van der Waals surface area contributed by atoms with Gasteiger partial charge in [0, 0.05) is 13.0 Å². The molecule has 10 heteroatoms. The fourth-order valence-electron chi connectivity index (χ4n) is 5.06. The molecule has 0 fully saturated rings. The second-order valence-corrected chi connectivity index (χ2v) is 14.1. The Kier molecular flexibility index (Phi) is 34.8. The highest BCUT2D eigenvalue weighted by atomic mass is 31.2. The third-order valence-electron chi connectivity index (χ3n) is 7.90. The summed E-state index contributed by atoms with van der Waals surface area (Å²) in [5, 5.41) is 9.85. The van der Waals surface area contributed by atoms with Gasteiger partial charge in [0.15, 0.2) is 6.10 Å². The summed E-state index contributed by atoms with van der Waals surface area (Å²) in [4.78, 5) is 22.4. The Hall–Kier alpha value is -1.74. The average Bonchev–Trinajstić information content (AvgIpc) is 3.08. The van der Waals surface area contributed by atoms with Crippen LogP contribution >= 0.6 is 7.82 Å². The third kappa shape index (κ3) is 35.9. The van der Waals surface area contributed by atoms with Crippen molar-refractivity contribution in [3.8, 4) is 0 Å². The number of unbranched alkanes of at least 4 members (excludes halogenated alkanes) is 17. The molecule has 0 aliphatic heterocycles. The van der Waals surface area contributed by atoms with Crippen molar-refractivity contribution in [2.45, 2.75) is 167 Å². The number of aliphatic hydroxyl groups is 1. The van der Waals surface area contributed by atoms with Crippen LogP contribution in [0.2, 0.25) is 0 Å². The zero-order valence-electron chi connectivity index (χ0n) is 31.0. The standard InChI is InChI=1S/C39H72NO8P/c1-3-5-7-8-9-10-11-12-13-14-18-21-24-28-33-45-35-38(36-47-49(43,44)46-34-32-40)48-39(42)31-27-23-20-17-15-16-19-22-26-30-37(41)29-25-6-4-2/h6,19,22,25-26,28,30,33,37-38,41H,3-5,7-18,20-21,23-24,27,29,31-32,34-36,40H2,1-2H3,(H,43,44)/b22-19+,25-6+,30-26+,33-28+/t37?,38-/m1/s1. The Morgan fingerprint density at radius 2 is 1.33 bits per heavy atom. The zero-order valence-corrected chi connectivity index (χ0v) is 31.9. The molecule has 0 amide bonds. The predicted octanol–water partition coefficient (Wildman–Crippen LogP) is 10.2. The van der Waals surface area contributed by atoms with Crippen molar-refractivity contribution in [3.05, 3.63) is 48.8 Å². The van der Waals surface area contributed by atoms with Crippen LogP contribution in [0.3, 0.4) is 0 Å². The van der Waals surface area contributed by atoms with Gasteiger partial charge in [-0.1, -0.05) is 140 Å². The topological polar surface area (TPSA) is 138 Å². The largest absolute Gasteiger partial charge is 0.498 e. The highest BCUT2D eigenvalue weighted by Crippen LogP contribution is 2.43. The summed E-state index contributed by atoms with van der Waals surface area (Å²) in [5.41, 5.74) is 5.34. The zero-order chi connectivity index (χ0) is 36.1. The summed E-state index contributed by atoms with van der Waals surface area (Å²) in [5.74, 6) is -0.393. The highest BCUT2D eigenvalue weighted by Gasteiger charge is 2.25. The predicted molar refractivity (Wildman–Crippen MR) is 202 cm³/mol. The lowest BCUT2D eigenvalue weighted by molar-refractivity contribution is -0.153. The number of allylic oxidation sites excluding steroid dienone is 5. The van der Waals surface area contributed by atoms with Crippen LogP contribution < -0.4 is 5.73 Å². The molecule has 0 saturated heterocycles. The lowest BCUT2D eigenvalue weighted by Gasteiger charge is -2.19. The molecular formula is C39H72NO8P. The molecule has 0 aliphatic carbocycles. The summed E-state index contributed by atoms with van der Waals surface area (Å²) in [6, 6.07) is 0. The summed E-state index contributed by atoms with van der Waals surface area (Å²) in [6.45, 7) is 3.97. The van der Waals surface area contributed by atoms with Crippen LogP contribution in [0.15, 0.2) is 48.8 Å². The van der Waals surface area contributed by atoms with Crippen LogP contribution in [0.5, 0.6) is 0 Å². The maximum absolute atomic E-state index is 12.5. The van der Waals surface area contributed by atoms with E-state index in [2.05, 4.69) is 26.0 Å². The summed E-state index contributed by atoms with van der Waals surface area (Å²) < 4.78 is 33.0. The van der Waals surface area contributed by atoms with E-state index in [1.165, 1.54) is 70.6 Å². The van der Waals surface area contributed by atoms with E-state index < -0.39 is 26.0 Å². The highest BCUT2D eigenvalue weighted by molar-refractivity contribution is 7.47. The molecule has 0 aliphatic rings. The van der Waals surface area contributed by atoms with Crippen molar-refractivity contribution in [1.82, 2.24) is 0 Å². The molecule has 0 aromatic heterocycles. The molecule has 49 heavy (non-hydrogen) atoms. The molecule has 0 aromatic rings. The maximum atomic E-state index is 12.5. The molecule has 0 saturated carbocycles. The summed E-state index contributed by atoms with van der Waals surface area (Å²) in [7, 11) is -4.31. The number of carbonyl (C=O) groups is 1. The summed E-state index contributed by atoms with van der Waals surface area (Å²) in [6.07, 6.45) is 38.3. The number of carbonyl (C=O) groups excluding carboxylic acids is 1. The van der Waals surface area contributed by atoms with Crippen molar-refractivity contribution < 1.29 is 37.9 Å². The minimum Gasteiger partial charge on any atom is -0.498 e. The molecule has 0 bridgehead atoms. The van der Waals surface area contributed by atoms with Crippen molar-refractivity contribution in [2.75, 3.05) is 26.4 Å². The Morgan fingerprint density at radius 3 is 1.94 bits per heavy atom. The minimum absolute atomic E-state index is 0.00907. The van der Waals surface area contributed by atoms with Crippen LogP contribution in [-0.4, -0.2) is 54.5 Å². The van der Waals surface area contributed by atoms with Gasteiger partial charge in [0.05, 0.1) is 25.6 Å². The summed E-state index contributed by atoms with van der Waals surface area (Å²) >= 11 is 0. The monoisotopic (exact) mass is 713 g/mol. The molecule has 3 atom stereocenters. The van der Waals surface area contributed by atoms with Crippen LogP contribution in [-0.2, 0) is 27.9 Å². The number of aliphatic hydroxyl groups excluding tert-OH is 1. The average molecular weight is 714 g/mol. The van der Waals surface area contributed by atoms with Crippen LogP contribution in [0.1, 0.15) is 155 Å². The first-order valence-corrected chi connectivity index (χ1v) is 20.8. The first-order valence-electron chi connectivity index (χ1n) is 19.3. The molecule has 4 N–H and O–H groups in total. The first kappa shape index (κ1) is 47.3. The van der Waals surface area contributed by atoms with E-state index in [0.717, 1.165) is 51.4 Å². The Bertz CT molecular complexity index is 907. The van der Waals surface area contributed by atoms with E-state index in [-0.39, 0.29) is 32.8 Å². The number of esters is 1. The van der Waals surface area contributed by atoms with Crippen LogP contribution in [0.4, 0.5) is 0 Å². The number of hydrogen-bond acceptors (Lipinski definition) is 8. The lowest BCUT2D eigenvalue weighted by Crippen LogP contribution is -2.27. The van der Waals surface area contributed by atoms with Gasteiger partial charge in [-0.15, -0.1) is 0 Å². The Balaban J connectivity index is 4.23. The second kappa shape index (κ2) is 36.1. The SMILES string of the molecule is CC/C=C/CC(O)/C=C/C=C/CCCCCCCC(=O)O[C@H](CO/C=C/CCCCCCCCCCCCCC)COP(=O)(O)OCCN. The molecule has 0 radical (unpaired) electrons. The van der Waals surface area contributed by atoms with Gasteiger partial charge in [-0.25, -0.2) is 4.57 Å². The Morgan fingerprint density at radius 1 is 0.735 bits per heavy atom. The molecule has 286 valence electrons. The number of phosphoric ester groups is 1. The van der Waals surface area contributed by atoms with Crippen molar-refractivity contribution in [3.63, 3.8) is 0 Å². The minimum atomic E-state index is -4.31. The third-order valence-corrected chi connectivity index (χ3v) is 8.89. The van der Waals surface area contributed by atoms with Crippen LogP contribution in [0, 0.1) is 0 Å². The fraction of sp³-hybridized carbons (Fsp3) is 0.769. The lowest BCUT2D eigenvalue weighted by atomic mass is 10.0.